The van der Waals surface area contributed by atoms with Gasteiger partial charge in [0, 0.05) is 28.8 Å². The van der Waals surface area contributed by atoms with Gasteiger partial charge in [-0.1, -0.05) is 0 Å². The lowest BCUT2D eigenvalue weighted by Gasteiger charge is -2.17. The van der Waals surface area contributed by atoms with Crippen molar-refractivity contribution >= 4 is 13.6 Å². The summed E-state index contributed by atoms with van der Waals surface area (Å²) in [4.78, 5) is 12.5. The predicted octanol–water partition coefficient (Wildman–Crippen LogP) is 4.46. The summed E-state index contributed by atoms with van der Waals surface area (Å²) in [5.74, 6) is 0.0682. The molecule has 2 aromatic rings. The Balaban J connectivity index is 2.54. The number of carbonyl (C=O) groups excluding carboxylic acids is 1. The van der Waals surface area contributed by atoms with Crippen LogP contribution in [0.3, 0.4) is 0 Å². The van der Waals surface area contributed by atoms with E-state index >= 15 is 0 Å². The molecule has 156 valence electrons. The first-order chi connectivity index (χ1) is 13.3. The van der Waals surface area contributed by atoms with Crippen LogP contribution in [-0.2, 0) is 30.9 Å². The Kier molecular flexibility index (Phi) is 7.63. The second-order valence-corrected chi connectivity index (χ2v) is 8.41. The monoisotopic (exact) mass is 412 g/mol. The third-order valence-electron chi connectivity index (χ3n) is 4.42. The van der Waals surface area contributed by atoms with Gasteiger partial charge < -0.3 is 18.2 Å². The molecular weight excluding hydrogens is 383 g/mol. The van der Waals surface area contributed by atoms with E-state index < -0.39 is 13.6 Å². The maximum Gasteiger partial charge on any atom is 0.374 e. The zero-order valence-corrected chi connectivity index (χ0v) is 18.3. The molecule has 0 fully saturated rings. The first kappa shape index (κ1) is 22.4. The van der Waals surface area contributed by atoms with Crippen LogP contribution >= 0.6 is 7.60 Å². The maximum atomic E-state index is 13.1. The van der Waals surface area contributed by atoms with Gasteiger partial charge in [0.25, 0.3) is 0 Å². The minimum absolute atomic E-state index is 0.0225. The number of nitrogens with zero attached hydrogens (tertiary/aromatic N) is 1. The van der Waals surface area contributed by atoms with Gasteiger partial charge in [-0.05, 0) is 41.5 Å². The summed E-state index contributed by atoms with van der Waals surface area (Å²) in [5.41, 5.74) is 3.96. The molecule has 0 aliphatic heterocycles. The molecule has 0 spiro atoms. The molecule has 0 atom stereocenters. The number of ether oxygens (including phenoxy) is 1. The maximum absolute atomic E-state index is 13.1. The third-order valence-corrected chi connectivity index (χ3v) is 6.42. The average Bonchev–Trinajstić information content (AvgIpc) is 3.10. The first-order valence-electron chi connectivity index (χ1n) is 9.43. The highest BCUT2D eigenvalue weighted by Crippen LogP contribution is 2.52. The van der Waals surface area contributed by atoms with Crippen LogP contribution in [0.25, 0.3) is 0 Å². The molecule has 2 rings (SSSR count). The van der Waals surface area contributed by atoms with Crippen molar-refractivity contribution in [1.29, 1.82) is 0 Å². The molecule has 28 heavy (non-hydrogen) atoms. The number of H-pyrrole nitrogens is 1. The second kappa shape index (κ2) is 9.54. The van der Waals surface area contributed by atoms with Crippen molar-refractivity contribution in [3.05, 3.63) is 39.6 Å². The Morgan fingerprint density at radius 1 is 1.04 bits per heavy atom. The summed E-state index contributed by atoms with van der Waals surface area (Å²) in [6.45, 7) is 11.5. The Labute approximate surface area is 165 Å². The fraction of sp³-hybridized carbons (Fsp3) is 0.579. The van der Waals surface area contributed by atoms with Crippen molar-refractivity contribution < 1.29 is 27.6 Å². The van der Waals surface area contributed by atoms with Crippen LogP contribution in [0.1, 0.15) is 65.2 Å². The lowest BCUT2D eigenvalue weighted by atomic mass is 9.99. The van der Waals surface area contributed by atoms with Gasteiger partial charge in [0.05, 0.1) is 31.7 Å². The molecule has 0 aliphatic rings. The van der Waals surface area contributed by atoms with E-state index in [0.29, 0.717) is 23.3 Å². The zero-order chi connectivity index (χ0) is 20.9. The summed E-state index contributed by atoms with van der Waals surface area (Å²) in [6.07, 6.45) is 0.419. The molecular formula is C19H29N2O6P. The summed E-state index contributed by atoms with van der Waals surface area (Å²) in [5, 5.41) is 7.16. The summed E-state index contributed by atoms with van der Waals surface area (Å²) >= 11 is 0. The van der Waals surface area contributed by atoms with Gasteiger partial charge in [-0.15, -0.1) is 0 Å². The minimum Gasteiger partial charge on any atom is -0.460 e. The fourth-order valence-corrected chi connectivity index (χ4v) is 4.95. The Morgan fingerprint density at radius 2 is 1.68 bits per heavy atom. The van der Waals surface area contributed by atoms with E-state index in [1.807, 2.05) is 13.8 Å². The van der Waals surface area contributed by atoms with E-state index in [9.17, 15) is 9.36 Å². The average molecular weight is 412 g/mol. The molecule has 8 nitrogen and oxygen atoms in total. The van der Waals surface area contributed by atoms with Crippen LogP contribution in [-0.4, -0.2) is 36.0 Å². The van der Waals surface area contributed by atoms with Crippen molar-refractivity contribution in [2.24, 2.45) is 0 Å². The third kappa shape index (κ3) is 4.93. The lowest BCUT2D eigenvalue weighted by molar-refractivity contribution is 0.0487. The van der Waals surface area contributed by atoms with Gasteiger partial charge >= 0.3 is 13.6 Å². The number of aryl methyl sites for hydroxylation is 3. The molecule has 0 unspecified atom stereocenters. The highest BCUT2D eigenvalue weighted by Gasteiger charge is 2.32. The van der Waals surface area contributed by atoms with E-state index in [4.69, 9.17) is 18.2 Å². The number of aromatic nitrogens is 2. The number of esters is 1. The Hall–Kier alpha value is -1.89. The first-order valence-corrected chi connectivity index (χ1v) is 11.2. The van der Waals surface area contributed by atoms with E-state index in [1.54, 1.807) is 27.7 Å². The van der Waals surface area contributed by atoms with Gasteiger partial charge in [-0.2, -0.15) is 5.10 Å². The molecule has 0 bridgehead atoms. The number of furan rings is 1. The van der Waals surface area contributed by atoms with E-state index in [2.05, 4.69) is 10.2 Å². The smallest absolute Gasteiger partial charge is 0.374 e. The number of aromatic amines is 1. The zero-order valence-electron chi connectivity index (χ0n) is 17.4. The van der Waals surface area contributed by atoms with Crippen molar-refractivity contribution in [3.8, 4) is 0 Å². The largest absolute Gasteiger partial charge is 0.460 e. The molecule has 9 heteroatoms. The summed E-state index contributed by atoms with van der Waals surface area (Å²) in [7, 11) is -3.38. The topological polar surface area (TPSA) is 104 Å². The summed E-state index contributed by atoms with van der Waals surface area (Å²) in [6, 6.07) is 0. The summed E-state index contributed by atoms with van der Waals surface area (Å²) < 4.78 is 34.9. The van der Waals surface area contributed by atoms with Crippen molar-refractivity contribution in [3.63, 3.8) is 0 Å². The van der Waals surface area contributed by atoms with E-state index in [0.717, 1.165) is 17.0 Å². The SMILES string of the molecule is CCOC(=O)c1oc(C)c(CP(=O)(OCC)OCC)c1Cc1c(C)n[nH]c1C. The van der Waals surface area contributed by atoms with Gasteiger partial charge in [-0.25, -0.2) is 4.79 Å². The molecule has 2 aromatic heterocycles. The molecule has 0 aromatic carbocycles. The van der Waals surface area contributed by atoms with Crippen LogP contribution in [0.2, 0.25) is 0 Å². The van der Waals surface area contributed by atoms with E-state index in [-0.39, 0.29) is 31.7 Å². The number of carbonyl (C=O) groups is 1. The lowest BCUT2D eigenvalue weighted by Crippen LogP contribution is -2.09. The van der Waals surface area contributed by atoms with Crippen molar-refractivity contribution in [1.82, 2.24) is 10.2 Å². The molecule has 0 aliphatic carbocycles. The second-order valence-electron chi connectivity index (χ2n) is 6.36. The van der Waals surface area contributed by atoms with Gasteiger partial charge in [0.1, 0.15) is 5.76 Å². The molecule has 2 heterocycles. The number of nitrogens with one attached hydrogen (secondary N) is 1. The molecule has 0 radical (unpaired) electrons. The van der Waals surface area contributed by atoms with Crippen LogP contribution in [0.4, 0.5) is 0 Å². The predicted molar refractivity (Wildman–Crippen MR) is 105 cm³/mol. The van der Waals surface area contributed by atoms with Crippen LogP contribution < -0.4 is 0 Å². The number of hydrogen-bond donors (Lipinski definition) is 1. The standard InChI is InChI=1S/C19H29N2O6P/c1-7-24-19(22)18-16(10-15-12(4)20-21-13(15)5)17(14(6)27-18)11-28(23,25-8-2)26-9-3/h7-11H2,1-6H3,(H,20,21). The Bertz CT molecular complexity index is 841. The molecule has 0 amide bonds. The van der Waals surface area contributed by atoms with Gasteiger partial charge in [-0.3, -0.25) is 9.66 Å². The van der Waals surface area contributed by atoms with Crippen LogP contribution in [0, 0.1) is 20.8 Å². The van der Waals surface area contributed by atoms with Gasteiger partial charge in [0.15, 0.2) is 0 Å². The Morgan fingerprint density at radius 3 is 2.18 bits per heavy atom. The van der Waals surface area contributed by atoms with Crippen LogP contribution in [0.5, 0.6) is 0 Å². The quantitative estimate of drug-likeness (QED) is 0.454. The van der Waals surface area contributed by atoms with Crippen molar-refractivity contribution in [2.45, 2.75) is 54.1 Å². The fourth-order valence-electron chi connectivity index (χ4n) is 3.11. The minimum atomic E-state index is -3.38. The normalized spacial score (nSPS) is 11.8. The molecule has 1 N–H and O–H groups in total. The number of hydrogen-bond acceptors (Lipinski definition) is 7. The highest BCUT2D eigenvalue weighted by molar-refractivity contribution is 7.53. The van der Waals surface area contributed by atoms with Gasteiger partial charge in [0.2, 0.25) is 5.76 Å². The molecule has 0 saturated heterocycles. The molecule has 0 saturated carbocycles. The van der Waals surface area contributed by atoms with Crippen molar-refractivity contribution in [2.75, 3.05) is 19.8 Å². The van der Waals surface area contributed by atoms with Crippen LogP contribution in [0.15, 0.2) is 4.42 Å². The number of rotatable bonds is 10. The van der Waals surface area contributed by atoms with E-state index in [1.165, 1.54) is 0 Å². The highest BCUT2D eigenvalue weighted by atomic mass is 31.2.